The van der Waals surface area contributed by atoms with Gasteiger partial charge < -0.3 is 20.2 Å². The minimum atomic E-state index is -0.378. The zero-order valence-corrected chi connectivity index (χ0v) is 12.9. The fraction of sp³-hybridized carbons (Fsp3) is 0.643. The number of rotatable bonds is 4. The number of β-amino-alcohol motifs (C(OH)–C–C–N with tert-alkyl or cyclic N) is 1. The lowest BCUT2D eigenvalue weighted by Gasteiger charge is -2.31. The highest BCUT2D eigenvalue weighted by molar-refractivity contribution is 7.10. The van der Waals surface area contributed by atoms with Gasteiger partial charge in [0, 0.05) is 24.5 Å². The number of piperidine rings is 1. The number of hydrogen-bond acceptors (Lipinski definition) is 4. The summed E-state index contributed by atoms with van der Waals surface area (Å²) >= 11 is 1.70. The van der Waals surface area contributed by atoms with Crippen LogP contribution in [-0.2, 0) is 0 Å². The molecule has 0 aliphatic carbocycles. The Labute approximate surface area is 124 Å². The van der Waals surface area contributed by atoms with Gasteiger partial charge >= 0.3 is 6.03 Å². The van der Waals surface area contributed by atoms with Crippen molar-refractivity contribution in [3.8, 4) is 0 Å². The van der Waals surface area contributed by atoms with Crippen molar-refractivity contribution < 1.29 is 9.90 Å². The molecular weight excluding hydrogens is 274 g/mol. The largest absolute Gasteiger partial charge is 0.391 e. The molecule has 1 aromatic heterocycles. The van der Waals surface area contributed by atoms with Crippen LogP contribution in [0.25, 0.3) is 0 Å². The number of amides is 2. The first-order chi connectivity index (χ1) is 9.58. The number of hydrogen-bond donors (Lipinski definition) is 2. The van der Waals surface area contributed by atoms with Crippen molar-refractivity contribution in [1.29, 1.82) is 0 Å². The van der Waals surface area contributed by atoms with Crippen molar-refractivity contribution >= 4 is 17.4 Å². The van der Waals surface area contributed by atoms with Crippen LogP contribution in [0.5, 0.6) is 0 Å². The molecule has 2 heterocycles. The molecule has 6 heteroatoms. The van der Waals surface area contributed by atoms with E-state index in [1.54, 1.807) is 16.2 Å². The maximum absolute atomic E-state index is 12.1. The van der Waals surface area contributed by atoms with E-state index >= 15 is 0 Å². The summed E-state index contributed by atoms with van der Waals surface area (Å²) in [5.74, 6) is 0. The maximum Gasteiger partial charge on any atom is 0.317 e. The van der Waals surface area contributed by atoms with Gasteiger partial charge in [0.15, 0.2) is 0 Å². The van der Waals surface area contributed by atoms with E-state index in [1.807, 2.05) is 20.2 Å². The molecule has 5 nitrogen and oxygen atoms in total. The fourth-order valence-corrected chi connectivity index (χ4v) is 3.38. The van der Waals surface area contributed by atoms with Crippen molar-refractivity contribution in [2.24, 2.45) is 0 Å². The van der Waals surface area contributed by atoms with Crippen LogP contribution in [0.4, 0.5) is 4.79 Å². The second kappa shape index (κ2) is 7.06. The van der Waals surface area contributed by atoms with Crippen LogP contribution in [0.3, 0.4) is 0 Å². The Morgan fingerprint density at radius 3 is 3.05 bits per heavy atom. The predicted octanol–water partition coefficient (Wildman–Crippen LogP) is 1.52. The molecule has 0 radical (unpaired) electrons. The standard InChI is InChI=1S/C14H23N3O2S/c1-16(2)12(13-6-4-8-20-13)9-15-14(19)17-7-3-5-11(18)10-17/h4,6,8,11-12,18H,3,5,7,9-10H2,1-2H3,(H,15,19). The fourth-order valence-electron chi connectivity index (χ4n) is 2.45. The summed E-state index contributed by atoms with van der Waals surface area (Å²) in [4.78, 5) is 17.2. The van der Waals surface area contributed by atoms with E-state index in [4.69, 9.17) is 0 Å². The molecular formula is C14H23N3O2S. The summed E-state index contributed by atoms with van der Waals surface area (Å²) in [6.07, 6.45) is 1.28. The predicted molar refractivity (Wildman–Crippen MR) is 81.0 cm³/mol. The highest BCUT2D eigenvalue weighted by Crippen LogP contribution is 2.22. The Bertz CT molecular complexity index is 422. The smallest absolute Gasteiger partial charge is 0.317 e. The molecule has 0 bridgehead atoms. The Kier molecular flexibility index (Phi) is 5.39. The van der Waals surface area contributed by atoms with Gasteiger partial charge in [0.1, 0.15) is 0 Å². The Hall–Kier alpha value is -1.11. The number of thiophene rings is 1. The summed E-state index contributed by atoms with van der Waals surface area (Å²) in [5, 5.41) is 14.6. The van der Waals surface area contributed by atoms with Gasteiger partial charge in [-0.1, -0.05) is 6.07 Å². The Morgan fingerprint density at radius 1 is 1.65 bits per heavy atom. The zero-order chi connectivity index (χ0) is 14.5. The van der Waals surface area contributed by atoms with E-state index in [1.165, 1.54) is 4.88 Å². The number of aliphatic hydroxyl groups excluding tert-OH is 1. The van der Waals surface area contributed by atoms with E-state index in [9.17, 15) is 9.90 Å². The molecule has 0 spiro atoms. The SMILES string of the molecule is CN(C)C(CNC(=O)N1CCCC(O)C1)c1cccs1. The maximum atomic E-state index is 12.1. The average molecular weight is 297 g/mol. The lowest BCUT2D eigenvalue weighted by Crippen LogP contribution is -2.48. The molecule has 1 saturated heterocycles. The quantitative estimate of drug-likeness (QED) is 0.886. The normalized spacial score (nSPS) is 21.0. The van der Waals surface area contributed by atoms with E-state index in [0.29, 0.717) is 13.1 Å². The van der Waals surface area contributed by atoms with Crippen LogP contribution in [0.2, 0.25) is 0 Å². The lowest BCUT2D eigenvalue weighted by atomic mass is 10.1. The van der Waals surface area contributed by atoms with E-state index in [0.717, 1.165) is 19.4 Å². The molecule has 2 unspecified atom stereocenters. The van der Waals surface area contributed by atoms with Crippen molar-refractivity contribution in [2.75, 3.05) is 33.7 Å². The number of carbonyl (C=O) groups is 1. The molecule has 2 amide bonds. The van der Waals surface area contributed by atoms with Crippen LogP contribution < -0.4 is 5.32 Å². The van der Waals surface area contributed by atoms with Crippen molar-refractivity contribution in [2.45, 2.75) is 25.0 Å². The molecule has 1 aromatic rings. The molecule has 1 fully saturated rings. The second-order valence-corrected chi connectivity index (χ2v) is 6.40. The van der Waals surface area contributed by atoms with Gasteiger partial charge in [-0.25, -0.2) is 4.79 Å². The van der Waals surface area contributed by atoms with Crippen molar-refractivity contribution in [3.05, 3.63) is 22.4 Å². The lowest BCUT2D eigenvalue weighted by molar-refractivity contribution is 0.0837. The molecule has 1 aliphatic heterocycles. The van der Waals surface area contributed by atoms with E-state index in [-0.39, 0.29) is 18.2 Å². The summed E-state index contributed by atoms with van der Waals surface area (Å²) in [5.41, 5.74) is 0. The van der Waals surface area contributed by atoms with E-state index < -0.39 is 0 Å². The van der Waals surface area contributed by atoms with Gasteiger partial charge in [0.05, 0.1) is 12.1 Å². The first-order valence-corrected chi connectivity index (χ1v) is 7.86. The van der Waals surface area contributed by atoms with Gasteiger partial charge in [-0.2, -0.15) is 0 Å². The number of aliphatic hydroxyl groups is 1. The van der Waals surface area contributed by atoms with Crippen molar-refractivity contribution in [3.63, 3.8) is 0 Å². The highest BCUT2D eigenvalue weighted by Gasteiger charge is 2.23. The third-order valence-corrected chi connectivity index (χ3v) is 4.60. The van der Waals surface area contributed by atoms with Gasteiger partial charge in [-0.05, 0) is 38.4 Å². The topological polar surface area (TPSA) is 55.8 Å². The summed E-state index contributed by atoms with van der Waals surface area (Å²) in [6, 6.07) is 4.23. The highest BCUT2D eigenvalue weighted by atomic mass is 32.1. The molecule has 20 heavy (non-hydrogen) atoms. The Morgan fingerprint density at radius 2 is 2.45 bits per heavy atom. The summed E-state index contributed by atoms with van der Waals surface area (Å²) in [7, 11) is 4.03. The minimum absolute atomic E-state index is 0.0767. The minimum Gasteiger partial charge on any atom is -0.391 e. The third-order valence-electron chi connectivity index (χ3n) is 3.63. The summed E-state index contributed by atoms with van der Waals surface area (Å²) in [6.45, 7) is 1.75. The van der Waals surface area contributed by atoms with Gasteiger partial charge in [-0.15, -0.1) is 11.3 Å². The number of urea groups is 1. The van der Waals surface area contributed by atoms with Crippen LogP contribution >= 0.6 is 11.3 Å². The van der Waals surface area contributed by atoms with Crippen molar-refractivity contribution in [1.82, 2.24) is 15.1 Å². The molecule has 0 saturated carbocycles. The molecule has 1 aliphatic rings. The number of nitrogens with zero attached hydrogens (tertiary/aromatic N) is 2. The van der Waals surface area contributed by atoms with E-state index in [2.05, 4.69) is 21.7 Å². The third kappa shape index (κ3) is 3.94. The van der Waals surface area contributed by atoms with Gasteiger partial charge in [0.2, 0.25) is 0 Å². The van der Waals surface area contributed by atoms with Crippen LogP contribution in [0.1, 0.15) is 23.8 Å². The number of nitrogens with one attached hydrogen (secondary N) is 1. The molecule has 0 aromatic carbocycles. The summed E-state index contributed by atoms with van der Waals surface area (Å²) < 4.78 is 0. The number of carbonyl (C=O) groups excluding carboxylic acids is 1. The molecule has 112 valence electrons. The monoisotopic (exact) mass is 297 g/mol. The average Bonchev–Trinajstić information content (AvgIpc) is 2.92. The van der Waals surface area contributed by atoms with Crippen LogP contribution in [-0.4, -0.2) is 60.8 Å². The number of likely N-dealkylation sites (N-methyl/N-ethyl adjacent to an activating group) is 1. The Balaban J connectivity index is 1.87. The molecule has 2 N–H and O–H groups in total. The number of likely N-dealkylation sites (tertiary alicyclic amines) is 1. The first-order valence-electron chi connectivity index (χ1n) is 6.98. The van der Waals surface area contributed by atoms with Gasteiger partial charge in [-0.3, -0.25) is 0 Å². The zero-order valence-electron chi connectivity index (χ0n) is 12.1. The first kappa shape index (κ1) is 15.3. The molecule has 2 atom stereocenters. The van der Waals surface area contributed by atoms with Crippen LogP contribution in [0, 0.1) is 0 Å². The second-order valence-electron chi connectivity index (χ2n) is 5.42. The molecule has 2 rings (SSSR count). The van der Waals surface area contributed by atoms with Gasteiger partial charge in [0.25, 0.3) is 0 Å². The van der Waals surface area contributed by atoms with Crippen LogP contribution in [0.15, 0.2) is 17.5 Å².